The second-order valence-corrected chi connectivity index (χ2v) is 8.96. The summed E-state index contributed by atoms with van der Waals surface area (Å²) in [6.07, 6.45) is 0.758. The van der Waals surface area contributed by atoms with Crippen molar-refractivity contribution in [2.24, 2.45) is 0 Å². The molecule has 7 heteroatoms. The summed E-state index contributed by atoms with van der Waals surface area (Å²) in [7, 11) is -3.57. The molecule has 1 N–H and O–H groups in total. The summed E-state index contributed by atoms with van der Waals surface area (Å²) >= 11 is 2.99. The number of fused-ring (bicyclic) bond motifs is 1. The minimum atomic E-state index is -3.57. The lowest BCUT2D eigenvalue weighted by atomic mass is 10.0. The molecule has 21 heavy (non-hydrogen) atoms. The highest BCUT2D eigenvalue weighted by molar-refractivity contribution is 7.89. The third-order valence-electron chi connectivity index (χ3n) is 3.92. The van der Waals surface area contributed by atoms with Crippen LogP contribution in [0.15, 0.2) is 21.7 Å². The predicted octanol–water partition coefficient (Wildman–Crippen LogP) is 2.92. The van der Waals surface area contributed by atoms with Gasteiger partial charge in [0.1, 0.15) is 4.90 Å². The molecule has 2 aromatic rings. The molecule has 0 spiro atoms. The third-order valence-corrected chi connectivity index (χ3v) is 8.34. The average molecular weight is 343 g/mol. The first-order valence-electron chi connectivity index (χ1n) is 6.72. The van der Waals surface area contributed by atoms with Crippen LogP contribution >= 0.6 is 22.7 Å². The average Bonchev–Trinajstić information content (AvgIpc) is 3.05. The molecule has 0 saturated carbocycles. The lowest BCUT2D eigenvalue weighted by Gasteiger charge is -2.32. The molecule has 0 aromatic carbocycles. The molecule has 3 rings (SSSR count). The van der Waals surface area contributed by atoms with Crippen molar-refractivity contribution >= 4 is 32.7 Å². The Kier molecular flexibility index (Phi) is 3.96. The molecule has 3 heterocycles. The van der Waals surface area contributed by atoms with Gasteiger partial charge in [-0.25, -0.2) is 8.42 Å². The zero-order chi connectivity index (χ0) is 15.2. The molecule has 4 nitrogen and oxygen atoms in total. The van der Waals surface area contributed by atoms with Crippen molar-refractivity contribution in [2.75, 3.05) is 6.54 Å². The van der Waals surface area contributed by atoms with Crippen LogP contribution in [0.2, 0.25) is 0 Å². The minimum absolute atomic E-state index is 0.157. The van der Waals surface area contributed by atoms with Gasteiger partial charge in [-0.3, -0.25) is 0 Å². The Morgan fingerprint density at radius 1 is 1.43 bits per heavy atom. The maximum Gasteiger partial charge on any atom is 0.245 e. The first-order chi connectivity index (χ1) is 9.96. The number of rotatable bonds is 3. The fraction of sp³-hybridized carbons (Fsp3) is 0.429. The van der Waals surface area contributed by atoms with Gasteiger partial charge in [-0.15, -0.1) is 22.7 Å². The first kappa shape index (κ1) is 15.2. The second-order valence-electron chi connectivity index (χ2n) is 5.17. The smallest absolute Gasteiger partial charge is 0.245 e. The van der Waals surface area contributed by atoms with Crippen LogP contribution in [-0.4, -0.2) is 24.4 Å². The number of aliphatic hydroxyl groups excluding tert-OH is 1. The van der Waals surface area contributed by atoms with Crippen molar-refractivity contribution in [1.29, 1.82) is 0 Å². The van der Waals surface area contributed by atoms with Crippen LogP contribution in [0.5, 0.6) is 0 Å². The topological polar surface area (TPSA) is 57.6 Å². The molecular formula is C14H17NO3S3. The second kappa shape index (κ2) is 5.48. The van der Waals surface area contributed by atoms with Crippen LogP contribution in [0.25, 0.3) is 0 Å². The van der Waals surface area contributed by atoms with Crippen LogP contribution in [0, 0.1) is 6.92 Å². The summed E-state index contributed by atoms with van der Waals surface area (Å²) in [6, 6.07) is 1.86. The summed E-state index contributed by atoms with van der Waals surface area (Å²) in [5.74, 6) is 0. The Bertz CT molecular complexity index is 760. The van der Waals surface area contributed by atoms with Crippen molar-refractivity contribution in [1.82, 2.24) is 4.31 Å². The van der Waals surface area contributed by atoms with E-state index in [-0.39, 0.29) is 12.6 Å². The van der Waals surface area contributed by atoms with E-state index < -0.39 is 10.0 Å². The number of aryl methyl sites for hydroxylation is 1. The summed E-state index contributed by atoms with van der Waals surface area (Å²) in [6.45, 7) is 3.98. The Morgan fingerprint density at radius 2 is 2.19 bits per heavy atom. The zero-order valence-electron chi connectivity index (χ0n) is 11.9. The van der Waals surface area contributed by atoms with Crippen molar-refractivity contribution < 1.29 is 13.5 Å². The number of thiophene rings is 2. The maximum atomic E-state index is 13.0. The molecule has 1 atom stereocenters. The van der Waals surface area contributed by atoms with E-state index >= 15 is 0 Å². The highest BCUT2D eigenvalue weighted by Crippen LogP contribution is 2.38. The van der Waals surface area contributed by atoms with Crippen LogP contribution < -0.4 is 0 Å². The molecule has 1 aliphatic heterocycles. The van der Waals surface area contributed by atoms with E-state index in [2.05, 4.69) is 0 Å². The van der Waals surface area contributed by atoms with Gasteiger partial charge in [0.05, 0.1) is 11.5 Å². The summed E-state index contributed by atoms with van der Waals surface area (Å²) in [5, 5.41) is 13.2. The van der Waals surface area contributed by atoms with E-state index in [1.54, 1.807) is 27.9 Å². The molecule has 0 radical (unpaired) electrons. The number of nitrogens with zero attached hydrogens (tertiary/aromatic N) is 1. The molecule has 0 saturated heterocycles. The van der Waals surface area contributed by atoms with Gasteiger partial charge in [-0.1, -0.05) is 0 Å². The Labute approximate surface area is 132 Å². The van der Waals surface area contributed by atoms with E-state index in [0.29, 0.717) is 21.9 Å². The van der Waals surface area contributed by atoms with E-state index in [1.807, 2.05) is 18.4 Å². The summed E-state index contributed by atoms with van der Waals surface area (Å²) < 4.78 is 27.6. The van der Waals surface area contributed by atoms with E-state index in [9.17, 15) is 13.5 Å². The van der Waals surface area contributed by atoms with E-state index in [4.69, 9.17) is 0 Å². The molecule has 0 amide bonds. The lowest BCUT2D eigenvalue weighted by Crippen LogP contribution is -2.38. The van der Waals surface area contributed by atoms with Crippen LogP contribution in [-0.2, 0) is 23.1 Å². The molecule has 0 bridgehead atoms. The predicted molar refractivity (Wildman–Crippen MR) is 85.3 cm³/mol. The fourth-order valence-electron chi connectivity index (χ4n) is 2.87. The van der Waals surface area contributed by atoms with E-state index in [0.717, 1.165) is 12.0 Å². The molecule has 0 aliphatic carbocycles. The van der Waals surface area contributed by atoms with Gasteiger partial charge in [0.15, 0.2) is 0 Å². The molecule has 114 valence electrons. The van der Waals surface area contributed by atoms with Crippen LogP contribution in [0.1, 0.15) is 33.8 Å². The quantitative estimate of drug-likeness (QED) is 0.932. The number of sulfonamides is 1. The van der Waals surface area contributed by atoms with Gasteiger partial charge in [-0.05, 0) is 48.2 Å². The van der Waals surface area contributed by atoms with Gasteiger partial charge in [0.2, 0.25) is 10.0 Å². The highest BCUT2D eigenvalue weighted by Gasteiger charge is 2.36. The molecule has 1 aliphatic rings. The lowest BCUT2D eigenvalue weighted by molar-refractivity contribution is 0.281. The largest absolute Gasteiger partial charge is 0.391 e. The molecule has 0 fully saturated rings. The summed E-state index contributed by atoms with van der Waals surface area (Å²) in [4.78, 5) is 2.09. The van der Waals surface area contributed by atoms with E-state index in [1.165, 1.54) is 16.2 Å². The van der Waals surface area contributed by atoms with Crippen molar-refractivity contribution in [3.63, 3.8) is 0 Å². The van der Waals surface area contributed by atoms with Crippen molar-refractivity contribution in [2.45, 2.75) is 37.8 Å². The molecular weight excluding hydrogens is 326 g/mol. The number of hydrogen-bond donors (Lipinski definition) is 1. The van der Waals surface area contributed by atoms with Gasteiger partial charge in [-0.2, -0.15) is 4.31 Å². The normalized spacial score (nSPS) is 19.7. The van der Waals surface area contributed by atoms with Crippen LogP contribution in [0.3, 0.4) is 0 Å². The van der Waals surface area contributed by atoms with Crippen LogP contribution in [0.4, 0.5) is 0 Å². The summed E-state index contributed by atoms with van der Waals surface area (Å²) in [5.41, 5.74) is 1.82. The number of aliphatic hydroxyl groups is 1. The van der Waals surface area contributed by atoms with Gasteiger partial charge in [0.25, 0.3) is 0 Å². The zero-order valence-corrected chi connectivity index (χ0v) is 14.3. The standard InChI is InChI=1S/C14H17NO3S3/c1-9-8-20-13(7-16)14(9)21(17,18)15-5-3-12-11(10(15)2)4-6-19-12/h4,6,8,10,16H,3,5,7H2,1-2H3. The molecule has 2 aromatic heterocycles. The maximum absolute atomic E-state index is 13.0. The Morgan fingerprint density at radius 3 is 2.90 bits per heavy atom. The van der Waals surface area contributed by atoms with Gasteiger partial charge >= 0.3 is 0 Å². The monoisotopic (exact) mass is 343 g/mol. The SMILES string of the molecule is Cc1csc(CO)c1S(=O)(=O)N1CCc2sccc2C1C. The third kappa shape index (κ3) is 2.37. The highest BCUT2D eigenvalue weighted by atomic mass is 32.2. The van der Waals surface area contributed by atoms with Crippen molar-refractivity contribution in [3.05, 3.63) is 37.7 Å². The first-order valence-corrected chi connectivity index (χ1v) is 9.92. The number of hydrogen-bond acceptors (Lipinski definition) is 5. The van der Waals surface area contributed by atoms with Crippen molar-refractivity contribution in [3.8, 4) is 0 Å². The molecule has 1 unspecified atom stereocenters. The fourth-order valence-corrected chi connectivity index (χ4v) is 7.07. The van der Waals surface area contributed by atoms with Gasteiger partial charge in [0, 0.05) is 17.5 Å². The minimum Gasteiger partial charge on any atom is -0.391 e. The van der Waals surface area contributed by atoms with Gasteiger partial charge < -0.3 is 5.11 Å². The Hall–Kier alpha value is -0.730. The Balaban J connectivity index is 2.06.